The van der Waals surface area contributed by atoms with Gasteiger partial charge in [0.05, 0.1) is 5.54 Å². The maximum absolute atomic E-state index is 5.69. The van der Waals surface area contributed by atoms with Gasteiger partial charge >= 0.3 is 0 Å². The number of ether oxygens (including phenoxy) is 2. The fraction of sp³-hybridized carbons (Fsp3) is 0.533. The zero-order valence-electron chi connectivity index (χ0n) is 11.3. The Labute approximate surface area is 122 Å². The molecule has 1 spiro atoms. The van der Waals surface area contributed by atoms with Crippen molar-refractivity contribution >= 4 is 16.9 Å². The average Bonchev–Trinajstić information content (AvgIpc) is 3.06. The Balaban J connectivity index is 1.52. The summed E-state index contributed by atoms with van der Waals surface area (Å²) >= 11 is 1.84. The minimum Gasteiger partial charge on any atom is -0.491 e. The summed E-state index contributed by atoms with van der Waals surface area (Å²) in [6.07, 6.45) is 2.16. The number of para-hydroxylation sites is 1. The fourth-order valence-corrected chi connectivity index (χ4v) is 4.26. The molecule has 3 aliphatic rings. The first-order chi connectivity index (χ1) is 9.85. The quantitative estimate of drug-likeness (QED) is 0.862. The van der Waals surface area contributed by atoms with Gasteiger partial charge in [-0.2, -0.15) is 0 Å². The molecule has 0 saturated carbocycles. The summed E-state index contributed by atoms with van der Waals surface area (Å²) in [6.45, 7) is 2.37. The normalized spacial score (nSPS) is 29.2. The molecule has 1 aromatic carbocycles. The molecule has 0 amide bonds. The van der Waals surface area contributed by atoms with E-state index in [1.54, 1.807) is 0 Å². The van der Waals surface area contributed by atoms with Gasteiger partial charge in [-0.3, -0.25) is 4.99 Å². The zero-order valence-corrected chi connectivity index (χ0v) is 12.1. The largest absolute Gasteiger partial charge is 0.491 e. The first-order valence-electron chi connectivity index (χ1n) is 7.13. The zero-order chi connectivity index (χ0) is 13.4. The lowest BCUT2D eigenvalue weighted by Gasteiger charge is -2.32. The summed E-state index contributed by atoms with van der Waals surface area (Å²) in [5.41, 5.74) is 1.41. The molecule has 0 aliphatic carbocycles. The van der Waals surface area contributed by atoms with Crippen molar-refractivity contribution in [3.05, 3.63) is 29.8 Å². The number of hydrogen-bond donors (Lipinski definition) is 1. The van der Waals surface area contributed by atoms with Gasteiger partial charge < -0.3 is 14.8 Å². The van der Waals surface area contributed by atoms with Crippen LogP contribution in [0.4, 0.5) is 0 Å². The highest BCUT2D eigenvalue weighted by atomic mass is 32.2. The summed E-state index contributed by atoms with van der Waals surface area (Å²) in [7, 11) is 0. The van der Waals surface area contributed by atoms with E-state index >= 15 is 0 Å². The van der Waals surface area contributed by atoms with E-state index in [1.807, 2.05) is 23.9 Å². The summed E-state index contributed by atoms with van der Waals surface area (Å²) < 4.78 is 11.2. The third-order valence-corrected chi connectivity index (χ3v) is 5.43. The molecule has 0 bridgehead atoms. The number of rotatable bonds is 1. The van der Waals surface area contributed by atoms with Crippen LogP contribution in [-0.4, -0.2) is 36.3 Å². The molecular weight excluding hydrogens is 272 g/mol. The molecule has 2 saturated heterocycles. The van der Waals surface area contributed by atoms with Crippen LogP contribution in [0, 0.1) is 0 Å². The Morgan fingerprint density at radius 2 is 2.10 bits per heavy atom. The van der Waals surface area contributed by atoms with E-state index in [1.165, 1.54) is 5.56 Å². The number of fused-ring (bicyclic) bond motifs is 1. The molecule has 5 heteroatoms. The van der Waals surface area contributed by atoms with Crippen molar-refractivity contribution in [2.24, 2.45) is 4.99 Å². The van der Waals surface area contributed by atoms with Gasteiger partial charge in [-0.1, -0.05) is 30.0 Å². The van der Waals surface area contributed by atoms with Crippen LogP contribution < -0.4 is 10.1 Å². The van der Waals surface area contributed by atoms with Crippen LogP contribution in [0.15, 0.2) is 29.3 Å². The standard InChI is InChI=1S/C15H18N2O2S/c1-2-4-13-11(3-1)12(9-19-13)16-14-17-15(10-20-14)5-7-18-8-6-15/h1-4,12H,5-10H2,(H,16,17). The number of hydrogen-bond acceptors (Lipinski definition) is 4. The molecule has 20 heavy (non-hydrogen) atoms. The molecule has 3 heterocycles. The van der Waals surface area contributed by atoms with E-state index < -0.39 is 0 Å². The average molecular weight is 290 g/mol. The van der Waals surface area contributed by atoms with Crippen LogP contribution in [0.1, 0.15) is 24.4 Å². The van der Waals surface area contributed by atoms with Crippen LogP contribution in [0.5, 0.6) is 5.75 Å². The maximum atomic E-state index is 5.69. The van der Waals surface area contributed by atoms with E-state index in [0.29, 0.717) is 6.61 Å². The number of amidine groups is 1. The van der Waals surface area contributed by atoms with Gasteiger partial charge in [-0.15, -0.1) is 0 Å². The van der Waals surface area contributed by atoms with Crippen molar-refractivity contribution in [3.8, 4) is 5.75 Å². The van der Waals surface area contributed by atoms with E-state index in [0.717, 1.165) is 42.7 Å². The smallest absolute Gasteiger partial charge is 0.157 e. The molecule has 2 fully saturated rings. The third kappa shape index (κ3) is 2.19. The highest BCUT2D eigenvalue weighted by molar-refractivity contribution is 8.14. The second-order valence-corrected chi connectivity index (χ2v) is 6.57. The molecule has 1 N–H and O–H groups in total. The van der Waals surface area contributed by atoms with E-state index in [2.05, 4.69) is 17.4 Å². The highest BCUT2D eigenvalue weighted by Crippen LogP contribution is 2.37. The molecule has 1 atom stereocenters. The SMILES string of the molecule is c1ccc2c(c1)OCC2N=C1NC2(CCOCC2)CS1. The number of aliphatic imine (C=N–C) groups is 1. The number of benzene rings is 1. The third-order valence-electron chi connectivity index (χ3n) is 4.25. The Bertz CT molecular complexity index is 540. The van der Waals surface area contributed by atoms with Crippen LogP contribution in [0.2, 0.25) is 0 Å². The van der Waals surface area contributed by atoms with Gasteiger partial charge in [0.15, 0.2) is 5.17 Å². The Morgan fingerprint density at radius 1 is 1.25 bits per heavy atom. The van der Waals surface area contributed by atoms with Crippen LogP contribution in [0.3, 0.4) is 0 Å². The van der Waals surface area contributed by atoms with Crippen LogP contribution in [0.25, 0.3) is 0 Å². The lowest BCUT2D eigenvalue weighted by molar-refractivity contribution is 0.0555. The van der Waals surface area contributed by atoms with Gasteiger partial charge in [0.1, 0.15) is 18.4 Å². The molecule has 0 aromatic heterocycles. The summed E-state index contributed by atoms with van der Waals surface area (Å²) in [4.78, 5) is 4.87. The van der Waals surface area contributed by atoms with Crippen LogP contribution in [-0.2, 0) is 4.74 Å². The molecule has 1 unspecified atom stereocenters. The van der Waals surface area contributed by atoms with Crippen molar-refractivity contribution in [1.29, 1.82) is 0 Å². The lowest BCUT2D eigenvalue weighted by Crippen LogP contribution is -2.48. The Morgan fingerprint density at radius 3 is 3.00 bits per heavy atom. The van der Waals surface area contributed by atoms with Gasteiger partial charge in [0.2, 0.25) is 0 Å². The van der Waals surface area contributed by atoms with Crippen LogP contribution >= 0.6 is 11.8 Å². The predicted octanol–water partition coefficient (Wildman–Crippen LogP) is 2.36. The maximum Gasteiger partial charge on any atom is 0.157 e. The first kappa shape index (κ1) is 12.5. The van der Waals surface area contributed by atoms with Gasteiger partial charge in [-0.25, -0.2) is 0 Å². The van der Waals surface area contributed by atoms with Gasteiger partial charge in [-0.05, 0) is 18.9 Å². The molecule has 3 aliphatic heterocycles. The highest BCUT2D eigenvalue weighted by Gasteiger charge is 2.39. The van der Waals surface area contributed by atoms with Crippen molar-refractivity contribution in [1.82, 2.24) is 5.32 Å². The number of nitrogens with zero attached hydrogens (tertiary/aromatic N) is 1. The number of thioether (sulfide) groups is 1. The molecule has 106 valence electrons. The van der Waals surface area contributed by atoms with Crippen molar-refractivity contribution in [2.75, 3.05) is 25.6 Å². The van der Waals surface area contributed by atoms with Crippen molar-refractivity contribution < 1.29 is 9.47 Å². The van der Waals surface area contributed by atoms with E-state index in [9.17, 15) is 0 Å². The molecular formula is C15H18N2O2S. The fourth-order valence-electron chi connectivity index (χ4n) is 3.00. The minimum absolute atomic E-state index is 0.135. The number of nitrogens with one attached hydrogen (secondary N) is 1. The molecule has 4 rings (SSSR count). The van der Waals surface area contributed by atoms with Gasteiger partial charge in [0, 0.05) is 24.5 Å². The van der Waals surface area contributed by atoms with E-state index in [4.69, 9.17) is 14.5 Å². The minimum atomic E-state index is 0.135. The second-order valence-electron chi connectivity index (χ2n) is 5.61. The Hall–Kier alpha value is -1.20. The monoisotopic (exact) mass is 290 g/mol. The predicted molar refractivity (Wildman–Crippen MR) is 80.5 cm³/mol. The molecule has 0 radical (unpaired) electrons. The second kappa shape index (κ2) is 4.97. The van der Waals surface area contributed by atoms with E-state index in [-0.39, 0.29) is 11.6 Å². The Kier molecular flexibility index (Phi) is 3.11. The molecule has 1 aromatic rings. The summed E-state index contributed by atoms with van der Waals surface area (Å²) in [5, 5.41) is 4.71. The summed E-state index contributed by atoms with van der Waals surface area (Å²) in [5.74, 6) is 2.08. The summed E-state index contributed by atoms with van der Waals surface area (Å²) in [6, 6.07) is 8.33. The molecule has 4 nitrogen and oxygen atoms in total. The van der Waals surface area contributed by atoms with Crippen molar-refractivity contribution in [2.45, 2.75) is 24.4 Å². The first-order valence-corrected chi connectivity index (χ1v) is 8.12. The van der Waals surface area contributed by atoms with Gasteiger partial charge in [0.25, 0.3) is 0 Å². The lowest BCUT2D eigenvalue weighted by atomic mass is 9.93. The van der Waals surface area contributed by atoms with Crippen molar-refractivity contribution in [3.63, 3.8) is 0 Å². The topological polar surface area (TPSA) is 42.8 Å².